The Bertz CT molecular complexity index is 497. The molecule has 2 rings (SSSR count). The number of ether oxygens (including phenoxy) is 1. The molecule has 1 atom stereocenters. The van der Waals surface area contributed by atoms with Gasteiger partial charge in [-0.1, -0.05) is 24.2 Å². The number of hydrogen-bond acceptors (Lipinski definition) is 4. The fraction of sp³-hybridized carbons (Fsp3) is 0.385. The van der Waals surface area contributed by atoms with Crippen molar-refractivity contribution in [3.8, 4) is 5.75 Å². The highest BCUT2D eigenvalue weighted by Gasteiger charge is 2.22. The molecule has 0 spiro atoms. The molecular formula is C13H16N2O3. The number of carbonyl (C=O) groups excluding carboxylic acids is 1. The molecule has 1 aromatic carbocycles. The number of nitrogens with two attached hydrogens (primary N) is 1. The van der Waals surface area contributed by atoms with Crippen LogP contribution in [0.1, 0.15) is 24.5 Å². The van der Waals surface area contributed by atoms with Gasteiger partial charge in [0.15, 0.2) is 0 Å². The summed E-state index contributed by atoms with van der Waals surface area (Å²) < 4.78 is 5.63. The first-order chi connectivity index (χ1) is 8.63. The van der Waals surface area contributed by atoms with Gasteiger partial charge in [-0.15, -0.1) is 0 Å². The minimum absolute atomic E-state index is 0.261. The second-order valence-electron chi connectivity index (χ2n) is 4.44. The minimum atomic E-state index is -0.375. The SMILES string of the molecule is CC(COc1cccc2c1CC/C2=N\O)C(N)=O. The van der Waals surface area contributed by atoms with Crippen molar-refractivity contribution in [2.75, 3.05) is 6.61 Å². The predicted octanol–water partition coefficient (Wildman–Crippen LogP) is 1.31. The molecule has 0 heterocycles. The lowest BCUT2D eigenvalue weighted by atomic mass is 10.1. The van der Waals surface area contributed by atoms with Crippen LogP contribution in [0, 0.1) is 5.92 Å². The number of fused-ring (bicyclic) bond motifs is 1. The Kier molecular flexibility index (Phi) is 3.50. The van der Waals surface area contributed by atoms with E-state index in [1.807, 2.05) is 18.2 Å². The first-order valence-corrected chi connectivity index (χ1v) is 5.88. The van der Waals surface area contributed by atoms with Gasteiger partial charge in [0.25, 0.3) is 0 Å². The Morgan fingerprint density at radius 1 is 1.56 bits per heavy atom. The van der Waals surface area contributed by atoms with Crippen LogP contribution in [0.3, 0.4) is 0 Å². The molecule has 0 fully saturated rings. The van der Waals surface area contributed by atoms with Crippen molar-refractivity contribution in [1.82, 2.24) is 0 Å². The Hall–Kier alpha value is -2.04. The first kappa shape index (κ1) is 12.4. The Balaban J connectivity index is 2.16. The van der Waals surface area contributed by atoms with E-state index in [1.54, 1.807) is 6.92 Å². The van der Waals surface area contributed by atoms with Crippen molar-refractivity contribution in [3.63, 3.8) is 0 Å². The van der Waals surface area contributed by atoms with Crippen molar-refractivity contribution in [2.24, 2.45) is 16.8 Å². The zero-order valence-corrected chi connectivity index (χ0v) is 10.2. The molecule has 3 N–H and O–H groups in total. The van der Waals surface area contributed by atoms with Crippen LogP contribution in [-0.2, 0) is 11.2 Å². The molecule has 0 saturated carbocycles. The van der Waals surface area contributed by atoms with Crippen molar-refractivity contribution >= 4 is 11.6 Å². The summed E-state index contributed by atoms with van der Waals surface area (Å²) in [5.74, 6) is 0.0349. The Labute approximate surface area is 105 Å². The van der Waals surface area contributed by atoms with Gasteiger partial charge in [0, 0.05) is 11.1 Å². The maximum Gasteiger partial charge on any atom is 0.223 e. The van der Waals surface area contributed by atoms with Gasteiger partial charge in [0.05, 0.1) is 18.2 Å². The fourth-order valence-corrected chi connectivity index (χ4v) is 2.01. The molecule has 1 aliphatic carbocycles. The molecule has 0 bridgehead atoms. The van der Waals surface area contributed by atoms with E-state index in [1.165, 1.54) is 0 Å². The molecule has 18 heavy (non-hydrogen) atoms. The van der Waals surface area contributed by atoms with E-state index in [0.29, 0.717) is 12.1 Å². The molecule has 0 radical (unpaired) electrons. The number of nitrogens with zero attached hydrogens (tertiary/aromatic N) is 1. The largest absolute Gasteiger partial charge is 0.492 e. The molecule has 5 nitrogen and oxygen atoms in total. The van der Waals surface area contributed by atoms with E-state index in [0.717, 1.165) is 23.3 Å². The average molecular weight is 248 g/mol. The number of primary amides is 1. The summed E-state index contributed by atoms with van der Waals surface area (Å²) in [5, 5.41) is 12.2. The van der Waals surface area contributed by atoms with Gasteiger partial charge in [-0.2, -0.15) is 0 Å². The molecular weight excluding hydrogens is 232 g/mol. The predicted molar refractivity (Wildman–Crippen MR) is 66.9 cm³/mol. The maximum absolute atomic E-state index is 10.9. The summed E-state index contributed by atoms with van der Waals surface area (Å²) in [6, 6.07) is 5.61. The molecule has 0 aliphatic heterocycles. The van der Waals surface area contributed by atoms with Crippen LogP contribution in [0.5, 0.6) is 5.75 Å². The van der Waals surface area contributed by atoms with E-state index in [2.05, 4.69) is 5.16 Å². The third kappa shape index (κ3) is 2.30. The highest BCUT2D eigenvalue weighted by Crippen LogP contribution is 2.31. The average Bonchev–Trinajstić information content (AvgIpc) is 2.79. The van der Waals surface area contributed by atoms with Crippen LogP contribution in [0.2, 0.25) is 0 Å². The molecule has 0 saturated heterocycles. The van der Waals surface area contributed by atoms with E-state index >= 15 is 0 Å². The zero-order chi connectivity index (χ0) is 13.1. The van der Waals surface area contributed by atoms with Gasteiger partial charge in [0.2, 0.25) is 5.91 Å². The normalized spacial score (nSPS) is 17.5. The summed E-state index contributed by atoms with van der Waals surface area (Å²) in [5.41, 5.74) is 7.81. The third-order valence-electron chi connectivity index (χ3n) is 3.15. The molecule has 1 amide bonds. The molecule has 1 aromatic rings. The van der Waals surface area contributed by atoms with Crippen LogP contribution in [0.15, 0.2) is 23.4 Å². The highest BCUT2D eigenvalue weighted by atomic mass is 16.5. The smallest absolute Gasteiger partial charge is 0.223 e. The number of rotatable bonds is 4. The summed E-state index contributed by atoms with van der Waals surface area (Å²) in [4.78, 5) is 10.9. The second kappa shape index (κ2) is 5.08. The number of amides is 1. The van der Waals surface area contributed by atoms with E-state index < -0.39 is 0 Å². The van der Waals surface area contributed by atoms with Gasteiger partial charge < -0.3 is 15.7 Å². The van der Waals surface area contributed by atoms with E-state index in [4.69, 9.17) is 15.7 Å². The second-order valence-corrected chi connectivity index (χ2v) is 4.44. The number of benzene rings is 1. The fourth-order valence-electron chi connectivity index (χ4n) is 2.01. The standard InChI is InChI=1S/C13H16N2O3/c1-8(13(14)16)7-18-12-4-2-3-9-10(12)5-6-11(9)15-17/h2-4,8,17H,5-7H2,1H3,(H2,14,16)/b15-11+. The van der Waals surface area contributed by atoms with Crippen LogP contribution < -0.4 is 10.5 Å². The zero-order valence-electron chi connectivity index (χ0n) is 10.2. The summed E-state index contributed by atoms with van der Waals surface area (Å²) in [6.45, 7) is 1.99. The Morgan fingerprint density at radius 3 is 3.00 bits per heavy atom. The lowest BCUT2D eigenvalue weighted by Crippen LogP contribution is -2.26. The van der Waals surface area contributed by atoms with Gasteiger partial charge >= 0.3 is 0 Å². The van der Waals surface area contributed by atoms with Crippen molar-refractivity contribution < 1.29 is 14.7 Å². The van der Waals surface area contributed by atoms with Crippen LogP contribution in [-0.4, -0.2) is 23.4 Å². The van der Waals surface area contributed by atoms with Crippen molar-refractivity contribution in [2.45, 2.75) is 19.8 Å². The van der Waals surface area contributed by atoms with Crippen molar-refractivity contribution in [3.05, 3.63) is 29.3 Å². The summed E-state index contributed by atoms with van der Waals surface area (Å²) in [6.07, 6.45) is 1.49. The quantitative estimate of drug-likeness (QED) is 0.622. The first-order valence-electron chi connectivity index (χ1n) is 5.88. The van der Waals surface area contributed by atoms with Gasteiger partial charge in [-0.05, 0) is 18.9 Å². The lowest BCUT2D eigenvalue weighted by Gasteiger charge is -2.13. The van der Waals surface area contributed by atoms with Crippen LogP contribution in [0.4, 0.5) is 0 Å². The highest BCUT2D eigenvalue weighted by molar-refractivity contribution is 6.04. The van der Waals surface area contributed by atoms with Crippen LogP contribution >= 0.6 is 0 Å². The monoisotopic (exact) mass is 248 g/mol. The molecule has 1 unspecified atom stereocenters. The molecule has 5 heteroatoms. The number of carbonyl (C=O) groups is 1. The maximum atomic E-state index is 10.9. The van der Waals surface area contributed by atoms with E-state index in [-0.39, 0.29) is 18.4 Å². The third-order valence-corrected chi connectivity index (χ3v) is 3.15. The number of oxime groups is 1. The lowest BCUT2D eigenvalue weighted by molar-refractivity contribution is -0.122. The molecule has 1 aliphatic rings. The number of hydrogen-bond donors (Lipinski definition) is 2. The van der Waals surface area contributed by atoms with Gasteiger partial charge in [-0.25, -0.2) is 0 Å². The summed E-state index contributed by atoms with van der Waals surface area (Å²) >= 11 is 0. The van der Waals surface area contributed by atoms with Crippen LogP contribution in [0.25, 0.3) is 0 Å². The Morgan fingerprint density at radius 2 is 2.33 bits per heavy atom. The minimum Gasteiger partial charge on any atom is -0.492 e. The van der Waals surface area contributed by atoms with Gasteiger partial charge in [0.1, 0.15) is 5.75 Å². The molecule has 96 valence electrons. The molecule has 0 aromatic heterocycles. The van der Waals surface area contributed by atoms with Gasteiger partial charge in [-0.3, -0.25) is 4.79 Å². The summed E-state index contributed by atoms with van der Waals surface area (Å²) in [7, 11) is 0. The topological polar surface area (TPSA) is 84.9 Å². The van der Waals surface area contributed by atoms with Crippen molar-refractivity contribution in [1.29, 1.82) is 0 Å². The van der Waals surface area contributed by atoms with E-state index in [9.17, 15) is 4.79 Å².